The number of halogens is 1. The molecule has 1 saturated heterocycles. The molecule has 1 aliphatic rings. The number of carbonyl (C=O) groups excluding carboxylic acids is 1. The molecule has 0 saturated carbocycles. The van der Waals surface area contributed by atoms with Crippen molar-refractivity contribution in [3.05, 3.63) is 28.2 Å². The molecule has 4 nitrogen and oxygen atoms in total. The number of ether oxygens (including phenoxy) is 1. The van der Waals surface area contributed by atoms with Gasteiger partial charge in [-0.25, -0.2) is 0 Å². The van der Waals surface area contributed by atoms with Crippen LogP contribution in [0, 0.1) is 5.92 Å². The SMILES string of the molecule is COc1ccc(Br)cc1CCC(=O)N1CCC[C@H]([C@H](C)N)C1. The van der Waals surface area contributed by atoms with Crippen LogP contribution in [0.3, 0.4) is 0 Å². The molecule has 2 atom stereocenters. The molecule has 1 aliphatic heterocycles. The average Bonchev–Trinajstić information content (AvgIpc) is 2.52. The lowest BCUT2D eigenvalue weighted by atomic mass is 9.92. The number of aryl methyl sites for hydroxylation is 1. The fourth-order valence-corrected chi connectivity index (χ4v) is 3.42. The molecule has 2 N–H and O–H groups in total. The van der Waals surface area contributed by atoms with Crippen LogP contribution in [-0.2, 0) is 11.2 Å². The molecule has 1 heterocycles. The minimum Gasteiger partial charge on any atom is -0.496 e. The lowest BCUT2D eigenvalue weighted by Gasteiger charge is -2.34. The molecule has 1 amide bonds. The highest BCUT2D eigenvalue weighted by Gasteiger charge is 2.25. The second-order valence-electron chi connectivity index (χ2n) is 6.06. The van der Waals surface area contributed by atoms with Crippen LogP contribution in [0.15, 0.2) is 22.7 Å². The highest BCUT2D eigenvalue weighted by Crippen LogP contribution is 2.25. The standard InChI is InChI=1S/C17H25BrN2O2/c1-12(19)14-4-3-9-20(11-14)17(21)8-5-13-10-15(18)6-7-16(13)22-2/h6-7,10,12,14H,3-5,8-9,11,19H2,1-2H3/t12-,14-/m0/s1. The summed E-state index contributed by atoms with van der Waals surface area (Å²) in [6, 6.07) is 6.05. The summed E-state index contributed by atoms with van der Waals surface area (Å²) in [6.07, 6.45) is 3.39. The van der Waals surface area contributed by atoms with Crippen molar-refractivity contribution in [3.63, 3.8) is 0 Å². The molecule has 22 heavy (non-hydrogen) atoms. The fourth-order valence-electron chi connectivity index (χ4n) is 3.01. The number of benzene rings is 1. The number of nitrogens with zero attached hydrogens (tertiary/aromatic N) is 1. The molecule has 1 aromatic carbocycles. The molecule has 1 aromatic rings. The Kier molecular flexibility index (Phi) is 6.26. The Bertz CT molecular complexity index is 519. The van der Waals surface area contributed by atoms with E-state index in [4.69, 9.17) is 10.5 Å². The van der Waals surface area contributed by atoms with Gasteiger partial charge in [0.15, 0.2) is 0 Å². The summed E-state index contributed by atoms with van der Waals surface area (Å²) in [7, 11) is 1.66. The largest absolute Gasteiger partial charge is 0.496 e. The van der Waals surface area contributed by atoms with Gasteiger partial charge in [0.2, 0.25) is 5.91 Å². The van der Waals surface area contributed by atoms with Crippen molar-refractivity contribution >= 4 is 21.8 Å². The minimum atomic E-state index is 0.153. The molecule has 1 fully saturated rings. The van der Waals surface area contributed by atoms with Gasteiger partial charge in [-0.1, -0.05) is 15.9 Å². The van der Waals surface area contributed by atoms with Gasteiger partial charge in [-0.15, -0.1) is 0 Å². The van der Waals surface area contributed by atoms with Gasteiger partial charge in [-0.05, 0) is 55.9 Å². The van der Waals surface area contributed by atoms with Gasteiger partial charge in [-0.3, -0.25) is 4.79 Å². The molecule has 5 heteroatoms. The van der Waals surface area contributed by atoms with E-state index in [9.17, 15) is 4.79 Å². The van der Waals surface area contributed by atoms with E-state index in [0.29, 0.717) is 18.8 Å². The number of piperidine rings is 1. The molecule has 0 spiro atoms. The highest BCUT2D eigenvalue weighted by atomic mass is 79.9. The van der Waals surface area contributed by atoms with Crippen LogP contribution in [0.25, 0.3) is 0 Å². The Morgan fingerprint density at radius 2 is 2.32 bits per heavy atom. The summed E-state index contributed by atoms with van der Waals surface area (Å²) in [6.45, 7) is 3.69. The third-order valence-corrected chi connectivity index (χ3v) is 4.90. The van der Waals surface area contributed by atoms with Gasteiger partial charge >= 0.3 is 0 Å². The van der Waals surface area contributed by atoms with Crippen LogP contribution in [-0.4, -0.2) is 37.0 Å². The first-order valence-electron chi connectivity index (χ1n) is 7.87. The summed E-state index contributed by atoms with van der Waals surface area (Å²) in [5.41, 5.74) is 7.05. The predicted octanol–water partition coefficient (Wildman–Crippen LogP) is 2.98. The second kappa shape index (κ2) is 7.97. The number of amides is 1. The number of rotatable bonds is 5. The smallest absolute Gasteiger partial charge is 0.222 e. The number of methoxy groups -OCH3 is 1. The zero-order valence-corrected chi connectivity index (χ0v) is 14.9. The molecule has 0 aromatic heterocycles. The van der Waals surface area contributed by atoms with Crippen LogP contribution in [0.5, 0.6) is 5.75 Å². The summed E-state index contributed by atoms with van der Waals surface area (Å²) in [5, 5.41) is 0. The van der Waals surface area contributed by atoms with Crippen LogP contribution >= 0.6 is 15.9 Å². The first kappa shape index (κ1) is 17.3. The zero-order valence-electron chi connectivity index (χ0n) is 13.3. The Labute approximate surface area is 141 Å². The van der Waals surface area contributed by atoms with Crippen LogP contribution in [0.4, 0.5) is 0 Å². The normalized spacial score (nSPS) is 19.8. The Balaban J connectivity index is 1.94. The van der Waals surface area contributed by atoms with Crippen LogP contribution < -0.4 is 10.5 Å². The van der Waals surface area contributed by atoms with Gasteiger partial charge in [0.25, 0.3) is 0 Å². The van der Waals surface area contributed by atoms with Crippen molar-refractivity contribution in [3.8, 4) is 5.75 Å². The van der Waals surface area contributed by atoms with Crippen molar-refractivity contribution in [2.75, 3.05) is 20.2 Å². The van der Waals surface area contributed by atoms with Crippen molar-refractivity contribution in [1.29, 1.82) is 0 Å². The van der Waals surface area contributed by atoms with Gasteiger partial charge in [0.1, 0.15) is 5.75 Å². The third kappa shape index (κ3) is 4.46. The van der Waals surface area contributed by atoms with Crippen molar-refractivity contribution < 1.29 is 9.53 Å². The van der Waals surface area contributed by atoms with Crippen molar-refractivity contribution in [2.45, 2.75) is 38.6 Å². The summed E-state index contributed by atoms with van der Waals surface area (Å²) < 4.78 is 6.37. The summed E-state index contributed by atoms with van der Waals surface area (Å²) in [4.78, 5) is 14.4. The van der Waals surface area contributed by atoms with Gasteiger partial charge in [-0.2, -0.15) is 0 Å². The lowest BCUT2D eigenvalue weighted by Crippen LogP contribution is -2.45. The maximum atomic E-state index is 12.5. The molecule has 0 aliphatic carbocycles. The van der Waals surface area contributed by atoms with Gasteiger partial charge in [0.05, 0.1) is 7.11 Å². The molecule has 0 bridgehead atoms. The quantitative estimate of drug-likeness (QED) is 0.868. The van der Waals surface area contributed by atoms with E-state index in [1.54, 1.807) is 7.11 Å². The zero-order chi connectivity index (χ0) is 16.1. The number of likely N-dealkylation sites (tertiary alicyclic amines) is 1. The first-order chi connectivity index (χ1) is 10.5. The van der Waals surface area contributed by atoms with Crippen LogP contribution in [0.1, 0.15) is 31.7 Å². The molecular weight excluding hydrogens is 344 g/mol. The van der Waals surface area contributed by atoms with E-state index in [1.807, 2.05) is 30.0 Å². The summed E-state index contributed by atoms with van der Waals surface area (Å²) in [5.74, 6) is 1.48. The van der Waals surface area contributed by atoms with E-state index in [-0.39, 0.29) is 11.9 Å². The maximum Gasteiger partial charge on any atom is 0.222 e. The number of carbonyl (C=O) groups is 1. The highest BCUT2D eigenvalue weighted by molar-refractivity contribution is 9.10. The van der Waals surface area contributed by atoms with Gasteiger partial charge in [0, 0.05) is 30.0 Å². The minimum absolute atomic E-state index is 0.153. The Morgan fingerprint density at radius 1 is 1.55 bits per heavy atom. The van der Waals surface area contributed by atoms with Crippen LogP contribution in [0.2, 0.25) is 0 Å². The van der Waals surface area contributed by atoms with E-state index in [1.165, 1.54) is 0 Å². The third-order valence-electron chi connectivity index (χ3n) is 4.40. The van der Waals surface area contributed by atoms with Crippen molar-refractivity contribution in [2.24, 2.45) is 11.7 Å². The topological polar surface area (TPSA) is 55.6 Å². The Hall–Kier alpha value is -1.07. The molecular formula is C17H25BrN2O2. The van der Waals surface area contributed by atoms with E-state index < -0.39 is 0 Å². The lowest BCUT2D eigenvalue weighted by molar-refractivity contribution is -0.133. The molecule has 122 valence electrons. The van der Waals surface area contributed by atoms with Crippen molar-refractivity contribution in [1.82, 2.24) is 4.90 Å². The molecule has 0 radical (unpaired) electrons. The molecule has 0 unspecified atom stereocenters. The summed E-state index contributed by atoms with van der Waals surface area (Å²) >= 11 is 3.47. The number of nitrogens with two attached hydrogens (primary N) is 1. The monoisotopic (exact) mass is 368 g/mol. The van der Waals surface area contributed by atoms with E-state index in [0.717, 1.165) is 41.7 Å². The molecule has 2 rings (SSSR count). The average molecular weight is 369 g/mol. The maximum absolute atomic E-state index is 12.5. The second-order valence-corrected chi connectivity index (χ2v) is 6.97. The number of hydrogen-bond acceptors (Lipinski definition) is 3. The predicted molar refractivity (Wildman–Crippen MR) is 92.0 cm³/mol. The van der Waals surface area contributed by atoms with E-state index >= 15 is 0 Å². The van der Waals surface area contributed by atoms with E-state index in [2.05, 4.69) is 15.9 Å². The number of hydrogen-bond donors (Lipinski definition) is 1. The fraction of sp³-hybridized carbons (Fsp3) is 0.588. The van der Waals surface area contributed by atoms with Gasteiger partial charge < -0.3 is 15.4 Å². The Morgan fingerprint density at radius 3 is 3.00 bits per heavy atom. The first-order valence-corrected chi connectivity index (χ1v) is 8.66.